The second-order valence-electron chi connectivity index (χ2n) is 5.37. The second kappa shape index (κ2) is 5.42. The first-order valence-electron chi connectivity index (χ1n) is 6.70. The Morgan fingerprint density at radius 2 is 1.78 bits per heavy atom. The Hall–Kier alpha value is -1.51. The number of nitrogens with one attached hydrogen (secondary N) is 1. The Morgan fingerprint density at radius 1 is 1.22 bits per heavy atom. The molecule has 3 heteroatoms. The standard InChI is InChI=1S/C15H22N2O/c1-11-7-9-17(10-8-11)15(18)16-14-12(2)5-4-6-13(14)3/h4-6,11H,7-10H2,1-3H3,(H,16,18). The van der Waals surface area contributed by atoms with Crippen molar-refractivity contribution < 1.29 is 4.79 Å². The van der Waals surface area contributed by atoms with E-state index in [0.29, 0.717) is 0 Å². The number of hydrogen-bond donors (Lipinski definition) is 1. The molecule has 0 radical (unpaired) electrons. The fourth-order valence-corrected chi connectivity index (χ4v) is 2.41. The maximum Gasteiger partial charge on any atom is 0.321 e. The van der Waals surface area contributed by atoms with Crippen LogP contribution in [0.1, 0.15) is 30.9 Å². The van der Waals surface area contributed by atoms with Crippen LogP contribution in [-0.4, -0.2) is 24.0 Å². The quantitative estimate of drug-likeness (QED) is 0.807. The van der Waals surface area contributed by atoms with Gasteiger partial charge >= 0.3 is 6.03 Å². The molecule has 18 heavy (non-hydrogen) atoms. The highest BCUT2D eigenvalue weighted by Crippen LogP contribution is 2.21. The van der Waals surface area contributed by atoms with Crippen LogP contribution < -0.4 is 5.32 Å². The molecule has 0 saturated carbocycles. The molecule has 1 N–H and O–H groups in total. The van der Waals surface area contributed by atoms with Gasteiger partial charge in [-0.1, -0.05) is 25.1 Å². The number of aryl methyl sites for hydroxylation is 2. The molecule has 1 aromatic carbocycles. The van der Waals surface area contributed by atoms with E-state index >= 15 is 0 Å². The number of carbonyl (C=O) groups is 1. The molecule has 0 aromatic heterocycles. The topological polar surface area (TPSA) is 32.3 Å². The van der Waals surface area contributed by atoms with Gasteiger partial charge in [0.25, 0.3) is 0 Å². The van der Waals surface area contributed by atoms with E-state index in [-0.39, 0.29) is 6.03 Å². The van der Waals surface area contributed by atoms with Crippen molar-refractivity contribution in [3.8, 4) is 0 Å². The van der Waals surface area contributed by atoms with E-state index in [1.54, 1.807) is 0 Å². The van der Waals surface area contributed by atoms with E-state index in [0.717, 1.165) is 48.7 Å². The summed E-state index contributed by atoms with van der Waals surface area (Å²) in [6, 6.07) is 6.12. The van der Waals surface area contributed by atoms with Crippen molar-refractivity contribution in [2.45, 2.75) is 33.6 Å². The molecule has 1 aliphatic heterocycles. The lowest BCUT2D eigenvalue weighted by Crippen LogP contribution is -2.40. The van der Waals surface area contributed by atoms with Gasteiger partial charge in [0.15, 0.2) is 0 Å². The Labute approximate surface area is 109 Å². The third-order valence-corrected chi connectivity index (χ3v) is 3.78. The summed E-state index contributed by atoms with van der Waals surface area (Å²) in [6.07, 6.45) is 2.22. The highest BCUT2D eigenvalue weighted by molar-refractivity contribution is 5.91. The number of nitrogens with zero attached hydrogens (tertiary/aromatic N) is 1. The lowest BCUT2D eigenvalue weighted by molar-refractivity contribution is 0.186. The molecule has 2 rings (SSSR count). The second-order valence-corrected chi connectivity index (χ2v) is 5.37. The molecule has 0 bridgehead atoms. The number of anilines is 1. The Kier molecular flexibility index (Phi) is 3.90. The molecule has 1 heterocycles. The third-order valence-electron chi connectivity index (χ3n) is 3.78. The minimum Gasteiger partial charge on any atom is -0.325 e. The number of piperidine rings is 1. The first kappa shape index (κ1) is 12.9. The van der Waals surface area contributed by atoms with Crippen molar-refractivity contribution in [2.75, 3.05) is 18.4 Å². The number of benzene rings is 1. The smallest absolute Gasteiger partial charge is 0.321 e. The molecule has 1 fully saturated rings. The molecule has 1 saturated heterocycles. The molecule has 1 aromatic rings. The molecule has 0 unspecified atom stereocenters. The predicted octanol–water partition coefficient (Wildman–Crippen LogP) is 3.57. The van der Waals surface area contributed by atoms with Crippen LogP contribution >= 0.6 is 0 Å². The zero-order valence-corrected chi connectivity index (χ0v) is 11.5. The van der Waals surface area contributed by atoms with Crippen molar-refractivity contribution in [3.63, 3.8) is 0 Å². The maximum absolute atomic E-state index is 12.2. The normalized spacial score (nSPS) is 16.7. The molecular formula is C15H22N2O. The number of para-hydroxylation sites is 1. The van der Waals surface area contributed by atoms with E-state index in [4.69, 9.17) is 0 Å². The van der Waals surface area contributed by atoms with Crippen molar-refractivity contribution in [1.82, 2.24) is 4.90 Å². The predicted molar refractivity (Wildman–Crippen MR) is 74.9 cm³/mol. The first-order chi connectivity index (χ1) is 8.58. The lowest BCUT2D eigenvalue weighted by Gasteiger charge is -2.30. The minimum absolute atomic E-state index is 0.0410. The molecule has 98 valence electrons. The van der Waals surface area contributed by atoms with Crippen LogP contribution in [0.15, 0.2) is 18.2 Å². The van der Waals surface area contributed by atoms with E-state index in [1.165, 1.54) is 0 Å². The van der Waals surface area contributed by atoms with Gasteiger partial charge in [-0.05, 0) is 43.7 Å². The van der Waals surface area contributed by atoms with Crippen molar-refractivity contribution in [1.29, 1.82) is 0 Å². The number of rotatable bonds is 1. The van der Waals surface area contributed by atoms with Crippen LogP contribution in [0.5, 0.6) is 0 Å². The highest BCUT2D eigenvalue weighted by atomic mass is 16.2. The fraction of sp³-hybridized carbons (Fsp3) is 0.533. The Morgan fingerprint density at radius 3 is 2.33 bits per heavy atom. The molecule has 0 atom stereocenters. The minimum atomic E-state index is 0.0410. The summed E-state index contributed by atoms with van der Waals surface area (Å²) in [7, 11) is 0. The molecule has 3 nitrogen and oxygen atoms in total. The number of urea groups is 1. The van der Waals surface area contributed by atoms with Gasteiger partial charge in [-0.15, -0.1) is 0 Å². The van der Waals surface area contributed by atoms with Crippen LogP contribution in [0.2, 0.25) is 0 Å². The van der Waals surface area contributed by atoms with Crippen molar-refractivity contribution >= 4 is 11.7 Å². The van der Waals surface area contributed by atoms with Crippen molar-refractivity contribution in [2.24, 2.45) is 5.92 Å². The van der Waals surface area contributed by atoms with Crippen LogP contribution in [0.25, 0.3) is 0 Å². The maximum atomic E-state index is 12.2. The van der Waals surface area contributed by atoms with E-state index < -0.39 is 0 Å². The summed E-state index contributed by atoms with van der Waals surface area (Å²) in [5, 5.41) is 3.05. The highest BCUT2D eigenvalue weighted by Gasteiger charge is 2.20. The van der Waals surface area contributed by atoms with Gasteiger partial charge in [0, 0.05) is 18.8 Å². The summed E-state index contributed by atoms with van der Waals surface area (Å²) >= 11 is 0. The van der Waals surface area contributed by atoms with E-state index in [1.807, 2.05) is 36.9 Å². The molecule has 0 aliphatic carbocycles. The number of likely N-dealkylation sites (tertiary alicyclic amines) is 1. The van der Waals surface area contributed by atoms with Crippen LogP contribution in [0, 0.1) is 19.8 Å². The number of carbonyl (C=O) groups excluding carboxylic acids is 1. The molecule has 1 aliphatic rings. The summed E-state index contributed by atoms with van der Waals surface area (Å²) in [5.41, 5.74) is 3.20. The average Bonchev–Trinajstić information content (AvgIpc) is 2.34. The summed E-state index contributed by atoms with van der Waals surface area (Å²) in [4.78, 5) is 14.1. The number of amides is 2. The van der Waals surface area contributed by atoms with Gasteiger partial charge in [-0.2, -0.15) is 0 Å². The van der Waals surface area contributed by atoms with Gasteiger partial charge < -0.3 is 10.2 Å². The first-order valence-corrected chi connectivity index (χ1v) is 6.70. The Bertz CT molecular complexity index is 414. The van der Waals surface area contributed by atoms with E-state index in [2.05, 4.69) is 12.2 Å². The van der Waals surface area contributed by atoms with Gasteiger partial charge in [0.2, 0.25) is 0 Å². The van der Waals surface area contributed by atoms with Crippen LogP contribution in [0.3, 0.4) is 0 Å². The summed E-state index contributed by atoms with van der Waals surface area (Å²) in [6.45, 7) is 8.05. The Balaban J connectivity index is 2.03. The third kappa shape index (κ3) is 2.84. The van der Waals surface area contributed by atoms with Gasteiger partial charge in [-0.3, -0.25) is 0 Å². The zero-order chi connectivity index (χ0) is 13.1. The zero-order valence-electron chi connectivity index (χ0n) is 11.5. The lowest BCUT2D eigenvalue weighted by atomic mass is 9.99. The van der Waals surface area contributed by atoms with Crippen molar-refractivity contribution in [3.05, 3.63) is 29.3 Å². The molecular weight excluding hydrogens is 224 g/mol. The van der Waals surface area contributed by atoms with Gasteiger partial charge in [0.1, 0.15) is 0 Å². The van der Waals surface area contributed by atoms with Crippen LogP contribution in [0.4, 0.5) is 10.5 Å². The van der Waals surface area contributed by atoms with Crippen LogP contribution in [-0.2, 0) is 0 Å². The SMILES string of the molecule is Cc1cccc(C)c1NC(=O)N1CCC(C)CC1. The van der Waals surface area contributed by atoms with Gasteiger partial charge in [-0.25, -0.2) is 4.79 Å². The number of hydrogen-bond acceptors (Lipinski definition) is 1. The van der Waals surface area contributed by atoms with E-state index in [9.17, 15) is 4.79 Å². The summed E-state index contributed by atoms with van der Waals surface area (Å²) in [5.74, 6) is 0.745. The average molecular weight is 246 g/mol. The summed E-state index contributed by atoms with van der Waals surface area (Å²) < 4.78 is 0. The monoisotopic (exact) mass is 246 g/mol. The van der Waals surface area contributed by atoms with Gasteiger partial charge in [0.05, 0.1) is 0 Å². The fourth-order valence-electron chi connectivity index (χ4n) is 2.41. The molecule has 2 amide bonds. The molecule has 0 spiro atoms. The largest absolute Gasteiger partial charge is 0.325 e.